The van der Waals surface area contributed by atoms with Crippen LogP contribution in [0.3, 0.4) is 0 Å². The Balaban J connectivity index is 1.89. The highest BCUT2D eigenvalue weighted by Crippen LogP contribution is 2.14. The third-order valence-corrected chi connectivity index (χ3v) is 3.46. The second kappa shape index (κ2) is 6.96. The first-order valence-electron chi connectivity index (χ1n) is 7.38. The van der Waals surface area contributed by atoms with E-state index in [9.17, 15) is 14.0 Å². The van der Waals surface area contributed by atoms with Crippen LogP contribution in [0.2, 0.25) is 0 Å². The normalized spacial score (nSPS) is 10.3. The quantitative estimate of drug-likeness (QED) is 0.793. The van der Waals surface area contributed by atoms with Crippen LogP contribution in [0.4, 0.5) is 10.1 Å². The van der Waals surface area contributed by atoms with Crippen LogP contribution in [0.1, 0.15) is 10.5 Å². The Hall–Kier alpha value is -3.48. The van der Waals surface area contributed by atoms with Crippen molar-refractivity contribution < 1.29 is 13.9 Å². The number of ether oxygens (including phenoxy) is 1. The predicted molar refractivity (Wildman–Crippen MR) is 90.7 cm³/mol. The lowest BCUT2D eigenvalue weighted by atomic mass is 10.3. The first-order chi connectivity index (χ1) is 12.1. The molecule has 25 heavy (non-hydrogen) atoms. The SMILES string of the molecule is COc1ccc(-n2ccc(=O)c(C(=O)Nc3ccc(F)cc3)n2)cc1. The van der Waals surface area contributed by atoms with E-state index < -0.39 is 17.2 Å². The van der Waals surface area contributed by atoms with Crippen LogP contribution in [-0.4, -0.2) is 22.8 Å². The number of amides is 1. The van der Waals surface area contributed by atoms with Gasteiger partial charge in [-0.2, -0.15) is 5.10 Å². The van der Waals surface area contributed by atoms with Crippen molar-refractivity contribution in [3.8, 4) is 11.4 Å². The number of carbonyl (C=O) groups is 1. The van der Waals surface area contributed by atoms with Crippen molar-refractivity contribution in [1.82, 2.24) is 9.78 Å². The van der Waals surface area contributed by atoms with Crippen molar-refractivity contribution in [2.45, 2.75) is 0 Å². The van der Waals surface area contributed by atoms with Crippen LogP contribution in [0.5, 0.6) is 5.75 Å². The van der Waals surface area contributed by atoms with Gasteiger partial charge in [-0.15, -0.1) is 0 Å². The topological polar surface area (TPSA) is 73.2 Å². The van der Waals surface area contributed by atoms with Crippen molar-refractivity contribution in [2.75, 3.05) is 12.4 Å². The molecule has 1 N–H and O–H groups in total. The Morgan fingerprint density at radius 2 is 1.76 bits per heavy atom. The molecule has 0 fully saturated rings. The average molecular weight is 339 g/mol. The molecule has 7 heteroatoms. The molecule has 0 radical (unpaired) electrons. The third-order valence-electron chi connectivity index (χ3n) is 3.46. The van der Waals surface area contributed by atoms with E-state index in [2.05, 4.69) is 10.4 Å². The molecule has 0 aliphatic rings. The Morgan fingerprint density at radius 3 is 2.40 bits per heavy atom. The number of benzene rings is 2. The van der Waals surface area contributed by atoms with E-state index in [0.717, 1.165) is 0 Å². The van der Waals surface area contributed by atoms with Gasteiger partial charge in [-0.3, -0.25) is 9.59 Å². The molecule has 0 aliphatic carbocycles. The number of anilines is 1. The molecule has 1 aromatic heterocycles. The highest BCUT2D eigenvalue weighted by Gasteiger charge is 2.14. The fraction of sp³-hybridized carbons (Fsp3) is 0.0556. The van der Waals surface area contributed by atoms with Gasteiger partial charge in [-0.05, 0) is 48.5 Å². The van der Waals surface area contributed by atoms with E-state index in [1.54, 1.807) is 31.4 Å². The number of aromatic nitrogens is 2. The fourth-order valence-corrected chi connectivity index (χ4v) is 2.17. The summed E-state index contributed by atoms with van der Waals surface area (Å²) >= 11 is 0. The van der Waals surface area contributed by atoms with E-state index in [1.807, 2.05) is 0 Å². The molecule has 6 nitrogen and oxygen atoms in total. The van der Waals surface area contributed by atoms with Gasteiger partial charge in [0, 0.05) is 18.0 Å². The van der Waals surface area contributed by atoms with Gasteiger partial charge in [0.25, 0.3) is 5.91 Å². The maximum atomic E-state index is 12.9. The number of hydrogen-bond acceptors (Lipinski definition) is 4. The summed E-state index contributed by atoms with van der Waals surface area (Å²) in [7, 11) is 1.56. The predicted octanol–water partition coefficient (Wildman–Crippen LogP) is 2.63. The number of hydrogen-bond donors (Lipinski definition) is 1. The lowest BCUT2D eigenvalue weighted by Gasteiger charge is -2.09. The number of methoxy groups -OCH3 is 1. The molecular formula is C18H14FN3O3. The number of halogens is 1. The molecule has 0 saturated carbocycles. The van der Waals surface area contributed by atoms with E-state index in [1.165, 1.54) is 41.2 Å². The van der Waals surface area contributed by atoms with E-state index in [4.69, 9.17) is 4.74 Å². The van der Waals surface area contributed by atoms with Gasteiger partial charge in [-0.1, -0.05) is 0 Å². The van der Waals surface area contributed by atoms with Gasteiger partial charge in [0.05, 0.1) is 12.8 Å². The summed E-state index contributed by atoms with van der Waals surface area (Å²) in [6, 6.07) is 13.5. The summed E-state index contributed by atoms with van der Waals surface area (Å²) in [4.78, 5) is 24.3. The molecule has 3 aromatic rings. The molecule has 1 amide bonds. The van der Waals surface area contributed by atoms with E-state index in [-0.39, 0.29) is 5.69 Å². The Kier molecular flexibility index (Phi) is 4.56. The molecule has 2 aromatic carbocycles. The molecule has 0 bridgehead atoms. The van der Waals surface area contributed by atoms with Crippen LogP contribution in [0.25, 0.3) is 5.69 Å². The van der Waals surface area contributed by atoms with Gasteiger partial charge in [0.1, 0.15) is 11.6 Å². The second-order valence-corrected chi connectivity index (χ2v) is 5.13. The first-order valence-corrected chi connectivity index (χ1v) is 7.38. The molecule has 1 heterocycles. The minimum atomic E-state index is -0.667. The summed E-state index contributed by atoms with van der Waals surface area (Å²) in [5.74, 6) is -0.406. The number of nitrogens with one attached hydrogen (secondary N) is 1. The Morgan fingerprint density at radius 1 is 1.08 bits per heavy atom. The highest BCUT2D eigenvalue weighted by atomic mass is 19.1. The maximum absolute atomic E-state index is 12.9. The largest absolute Gasteiger partial charge is 0.497 e. The second-order valence-electron chi connectivity index (χ2n) is 5.13. The summed E-state index contributed by atoms with van der Waals surface area (Å²) < 4.78 is 19.4. The monoisotopic (exact) mass is 339 g/mol. The minimum Gasteiger partial charge on any atom is -0.497 e. The summed E-state index contributed by atoms with van der Waals surface area (Å²) in [6.07, 6.45) is 1.47. The van der Waals surface area contributed by atoms with Crippen molar-refractivity contribution in [3.63, 3.8) is 0 Å². The van der Waals surface area contributed by atoms with Gasteiger partial charge in [-0.25, -0.2) is 9.07 Å². The van der Waals surface area contributed by atoms with Crippen LogP contribution >= 0.6 is 0 Å². The Bertz CT molecular complexity index is 951. The maximum Gasteiger partial charge on any atom is 0.280 e. The molecule has 0 saturated heterocycles. The smallest absolute Gasteiger partial charge is 0.280 e. The molecule has 0 atom stereocenters. The summed E-state index contributed by atoms with van der Waals surface area (Å²) in [5.41, 5.74) is 0.260. The number of carbonyl (C=O) groups excluding carboxylic acids is 1. The van der Waals surface area contributed by atoms with Gasteiger partial charge in [0.2, 0.25) is 5.43 Å². The van der Waals surface area contributed by atoms with Crippen LogP contribution in [-0.2, 0) is 0 Å². The lowest BCUT2D eigenvalue weighted by molar-refractivity contribution is 0.101. The minimum absolute atomic E-state index is 0.261. The van der Waals surface area contributed by atoms with Crippen LogP contribution in [0.15, 0.2) is 65.6 Å². The van der Waals surface area contributed by atoms with Crippen molar-refractivity contribution >= 4 is 11.6 Å². The zero-order valence-electron chi connectivity index (χ0n) is 13.3. The zero-order chi connectivity index (χ0) is 17.8. The average Bonchev–Trinajstić information content (AvgIpc) is 2.64. The summed E-state index contributed by atoms with van der Waals surface area (Å²) in [6.45, 7) is 0. The molecule has 3 rings (SSSR count). The van der Waals surface area contributed by atoms with Crippen molar-refractivity contribution in [3.05, 3.63) is 82.5 Å². The van der Waals surface area contributed by atoms with Crippen LogP contribution < -0.4 is 15.5 Å². The Labute approximate surface area is 142 Å². The van der Waals surface area contributed by atoms with Gasteiger partial charge in [0.15, 0.2) is 5.69 Å². The standard InChI is InChI=1S/C18H14FN3O3/c1-25-15-8-6-14(7-9-15)22-11-10-16(23)17(21-22)18(24)20-13-4-2-12(19)3-5-13/h2-11H,1H3,(H,20,24). The summed E-state index contributed by atoms with van der Waals surface area (Å²) in [5, 5.41) is 6.61. The van der Waals surface area contributed by atoms with Gasteiger partial charge >= 0.3 is 0 Å². The van der Waals surface area contributed by atoms with Gasteiger partial charge < -0.3 is 10.1 Å². The molecule has 0 aliphatic heterocycles. The lowest BCUT2D eigenvalue weighted by Crippen LogP contribution is -2.25. The molecular weight excluding hydrogens is 325 g/mol. The first kappa shape index (κ1) is 16.4. The number of nitrogens with zero attached hydrogens (tertiary/aromatic N) is 2. The third kappa shape index (κ3) is 3.72. The van der Waals surface area contributed by atoms with Crippen molar-refractivity contribution in [1.29, 1.82) is 0 Å². The van der Waals surface area contributed by atoms with Crippen LogP contribution in [0, 0.1) is 5.82 Å². The molecule has 0 unspecified atom stereocenters. The fourth-order valence-electron chi connectivity index (χ4n) is 2.17. The zero-order valence-corrected chi connectivity index (χ0v) is 13.3. The van der Waals surface area contributed by atoms with E-state index >= 15 is 0 Å². The number of rotatable bonds is 4. The molecule has 126 valence electrons. The van der Waals surface area contributed by atoms with Crippen molar-refractivity contribution in [2.24, 2.45) is 0 Å². The highest BCUT2D eigenvalue weighted by molar-refractivity contribution is 6.02. The van der Waals surface area contributed by atoms with E-state index in [0.29, 0.717) is 17.1 Å². The molecule has 0 spiro atoms.